The molecule has 1 saturated heterocycles. The predicted molar refractivity (Wildman–Crippen MR) is 126 cm³/mol. The van der Waals surface area contributed by atoms with Gasteiger partial charge in [0.05, 0.1) is 17.5 Å². The molecule has 0 spiro atoms. The molecule has 0 radical (unpaired) electrons. The molecule has 1 aliphatic carbocycles. The molecule has 4 heterocycles. The van der Waals surface area contributed by atoms with Crippen molar-refractivity contribution in [3.05, 3.63) is 59.2 Å². The smallest absolute Gasteiger partial charge is 0.231 e. The summed E-state index contributed by atoms with van der Waals surface area (Å²) in [7, 11) is 1.81. The lowest BCUT2D eigenvalue weighted by molar-refractivity contribution is 0.0959. The highest BCUT2D eigenvalue weighted by atomic mass is 16.7. The van der Waals surface area contributed by atoms with Crippen molar-refractivity contribution in [3.8, 4) is 11.5 Å². The maximum atomic E-state index is 12.9. The van der Waals surface area contributed by atoms with Gasteiger partial charge in [0.25, 0.3) is 0 Å². The zero-order valence-electron chi connectivity index (χ0n) is 19.1. The first kappa shape index (κ1) is 21.0. The third kappa shape index (κ3) is 3.86. The van der Waals surface area contributed by atoms with Gasteiger partial charge in [-0.15, -0.1) is 0 Å². The van der Waals surface area contributed by atoms with Crippen LogP contribution in [0.5, 0.6) is 11.5 Å². The number of fused-ring (bicyclic) bond motifs is 2. The van der Waals surface area contributed by atoms with Crippen molar-refractivity contribution < 1.29 is 18.7 Å². The molecule has 3 aromatic rings. The standard InChI is InChI=1S/C25H27N5O4/c1-26-24-23-18(12-17(13-19(23)31)20-3-2-10-32-20)27-25(28-24)30-8-6-29(7-9-30)14-16-4-5-21-22(11-16)34-15-33-21/h2-5,10-11,17H,6-9,12-15H2,1H3,(H,26,27,28)/t17-/m1/s1. The minimum absolute atomic E-state index is 0.0148. The van der Waals surface area contributed by atoms with Gasteiger partial charge in [-0.25, -0.2) is 4.98 Å². The minimum Gasteiger partial charge on any atom is -0.469 e. The van der Waals surface area contributed by atoms with Gasteiger partial charge in [0, 0.05) is 58.5 Å². The van der Waals surface area contributed by atoms with Crippen molar-refractivity contribution in [3.63, 3.8) is 0 Å². The summed E-state index contributed by atoms with van der Waals surface area (Å²) in [5.41, 5.74) is 2.63. The second-order valence-corrected chi connectivity index (χ2v) is 8.94. The number of carbonyl (C=O) groups excluding carboxylic acids is 1. The third-order valence-electron chi connectivity index (χ3n) is 6.80. The number of piperazine rings is 1. The number of Topliss-reactive ketones (excluding diaryl/α,β-unsaturated/α-hetero) is 1. The maximum absolute atomic E-state index is 12.9. The van der Waals surface area contributed by atoms with Gasteiger partial charge in [0.1, 0.15) is 11.6 Å². The number of benzene rings is 1. The fourth-order valence-electron chi connectivity index (χ4n) is 5.02. The predicted octanol–water partition coefficient (Wildman–Crippen LogP) is 3.07. The van der Waals surface area contributed by atoms with Gasteiger partial charge in [-0.2, -0.15) is 4.98 Å². The van der Waals surface area contributed by atoms with Crippen LogP contribution in [0.25, 0.3) is 0 Å². The van der Waals surface area contributed by atoms with Crippen molar-refractivity contribution >= 4 is 17.5 Å². The van der Waals surface area contributed by atoms with Gasteiger partial charge in [0.2, 0.25) is 12.7 Å². The lowest BCUT2D eigenvalue weighted by Crippen LogP contribution is -2.46. The van der Waals surface area contributed by atoms with E-state index in [1.807, 2.05) is 25.2 Å². The van der Waals surface area contributed by atoms with Crippen molar-refractivity contribution in [2.45, 2.75) is 25.3 Å². The van der Waals surface area contributed by atoms with Crippen LogP contribution in [0.4, 0.5) is 11.8 Å². The van der Waals surface area contributed by atoms with E-state index in [1.54, 1.807) is 6.26 Å². The fourth-order valence-corrected chi connectivity index (χ4v) is 5.02. The van der Waals surface area contributed by atoms with E-state index >= 15 is 0 Å². The Hall–Kier alpha value is -3.59. The molecule has 0 saturated carbocycles. The molecule has 0 unspecified atom stereocenters. The molecular weight excluding hydrogens is 434 g/mol. The largest absolute Gasteiger partial charge is 0.469 e. The molecule has 1 N–H and O–H groups in total. The number of ether oxygens (including phenoxy) is 2. The Labute approximate surface area is 197 Å². The van der Waals surface area contributed by atoms with Gasteiger partial charge in [0.15, 0.2) is 17.3 Å². The summed E-state index contributed by atoms with van der Waals surface area (Å²) in [6, 6.07) is 9.93. The summed E-state index contributed by atoms with van der Waals surface area (Å²) in [4.78, 5) is 27.2. The van der Waals surface area contributed by atoms with E-state index in [-0.39, 0.29) is 11.7 Å². The maximum Gasteiger partial charge on any atom is 0.231 e. The van der Waals surface area contributed by atoms with Gasteiger partial charge in [-0.1, -0.05) is 6.07 Å². The zero-order valence-corrected chi connectivity index (χ0v) is 19.1. The summed E-state index contributed by atoms with van der Waals surface area (Å²) >= 11 is 0. The summed E-state index contributed by atoms with van der Waals surface area (Å²) in [5, 5.41) is 3.12. The van der Waals surface area contributed by atoms with Crippen LogP contribution in [0.15, 0.2) is 41.0 Å². The molecule has 0 bridgehead atoms. The Morgan fingerprint density at radius 1 is 1.06 bits per heavy atom. The number of anilines is 2. The number of hydrogen-bond donors (Lipinski definition) is 1. The quantitative estimate of drug-likeness (QED) is 0.615. The number of rotatable bonds is 5. The first-order chi connectivity index (χ1) is 16.7. The van der Waals surface area contributed by atoms with Crippen LogP contribution < -0.4 is 19.7 Å². The lowest BCUT2D eigenvalue weighted by atomic mass is 9.84. The Morgan fingerprint density at radius 2 is 1.91 bits per heavy atom. The summed E-state index contributed by atoms with van der Waals surface area (Å²) in [5.74, 6) is 3.84. The van der Waals surface area contributed by atoms with Crippen LogP contribution in [-0.4, -0.2) is 60.7 Å². The molecule has 2 aliphatic heterocycles. The molecule has 3 aliphatic rings. The molecular formula is C25H27N5O4. The van der Waals surface area contributed by atoms with Crippen molar-refractivity contribution in [1.29, 1.82) is 0 Å². The van der Waals surface area contributed by atoms with Crippen LogP contribution in [0, 0.1) is 0 Å². The van der Waals surface area contributed by atoms with Gasteiger partial charge in [-0.05, 0) is 29.8 Å². The Kier molecular flexibility index (Phi) is 5.33. The molecule has 1 aromatic carbocycles. The Balaban J connectivity index is 1.17. The second kappa shape index (κ2) is 8.64. The number of aromatic nitrogens is 2. The molecule has 6 rings (SSSR count). The van der Waals surface area contributed by atoms with Gasteiger partial charge in [-0.3, -0.25) is 9.69 Å². The van der Waals surface area contributed by atoms with Crippen LogP contribution in [0.1, 0.15) is 39.7 Å². The van der Waals surface area contributed by atoms with E-state index in [2.05, 4.69) is 27.2 Å². The molecule has 9 nitrogen and oxygen atoms in total. The molecule has 2 aromatic heterocycles. The molecule has 0 amide bonds. The minimum atomic E-state index is 0.0148. The molecule has 1 fully saturated rings. The Morgan fingerprint density at radius 3 is 2.71 bits per heavy atom. The van der Waals surface area contributed by atoms with E-state index in [9.17, 15) is 4.79 Å². The highest BCUT2D eigenvalue weighted by Gasteiger charge is 2.33. The zero-order chi connectivity index (χ0) is 23.1. The van der Waals surface area contributed by atoms with E-state index in [0.717, 1.165) is 55.7 Å². The summed E-state index contributed by atoms with van der Waals surface area (Å²) in [6.45, 7) is 4.59. The molecule has 34 heavy (non-hydrogen) atoms. The highest BCUT2D eigenvalue weighted by Crippen LogP contribution is 2.36. The first-order valence-corrected chi connectivity index (χ1v) is 11.7. The topological polar surface area (TPSA) is 93.0 Å². The SMILES string of the molecule is CNc1nc(N2CCN(Cc3ccc4c(c3)OCO4)CC2)nc2c1C(=O)C[C@H](c1ccco1)C2. The van der Waals surface area contributed by atoms with Crippen LogP contribution in [-0.2, 0) is 13.0 Å². The van der Waals surface area contributed by atoms with Crippen LogP contribution in [0.3, 0.4) is 0 Å². The molecule has 9 heteroatoms. The second-order valence-electron chi connectivity index (χ2n) is 8.94. The highest BCUT2D eigenvalue weighted by molar-refractivity contribution is 6.03. The van der Waals surface area contributed by atoms with Crippen molar-refractivity contribution in [2.75, 3.05) is 50.2 Å². The van der Waals surface area contributed by atoms with E-state index in [1.165, 1.54) is 5.56 Å². The average Bonchev–Trinajstić information content (AvgIpc) is 3.56. The first-order valence-electron chi connectivity index (χ1n) is 11.7. The Bertz CT molecular complexity index is 1200. The number of nitrogens with zero attached hydrogens (tertiary/aromatic N) is 4. The number of hydrogen-bond acceptors (Lipinski definition) is 9. The number of carbonyl (C=O) groups is 1. The summed E-state index contributed by atoms with van der Waals surface area (Å²) in [6.07, 6.45) is 2.74. The van der Waals surface area contributed by atoms with Crippen LogP contribution in [0.2, 0.25) is 0 Å². The fraction of sp³-hybridized carbons (Fsp3) is 0.400. The van der Waals surface area contributed by atoms with Gasteiger partial charge >= 0.3 is 0 Å². The summed E-state index contributed by atoms with van der Waals surface area (Å²) < 4.78 is 16.5. The van der Waals surface area contributed by atoms with Crippen LogP contribution >= 0.6 is 0 Å². The number of nitrogens with one attached hydrogen (secondary N) is 1. The van der Waals surface area contributed by atoms with E-state index in [0.29, 0.717) is 37.0 Å². The number of furan rings is 1. The van der Waals surface area contributed by atoms with Gasteiger partial charge < -0.3 is 24.1 Å². The van der Waals surface area contributed by atoms with E-state index < -0.39 is 0 Å². The molecule has 176 valence electrons. The normalized spacial score (nSPS) is 19.9. The monoisotopic (exact) mass is 461 g/mol. The number of ketones is 1. The lowest BCUT2D eigenvalue weighted by Gasteiger charge is -2.35. The van der Waals surface area contributed by atoms with Crippen molar-refractivity contribution in [2.24, 2.45) is 0 Å². The van der Waals surface area contributed by atoms with E-state index in [4.69, 9.17) is 23.9 Å². The third-order valence-corrected chi connectivity index (χ3v) is 6.80. The molecule has 1 atom stereocenters. The average molecular weight is 462 g/mol. The van der Waals surface area contributed by atoms with Crippen molar-refractivity contribution in [1.82, 2.24) is 14.9 Å².